The number of benzene rings is 1. The van der Waals surface area contributed by atoms with Crippen LogP contribution in [0.5, 0.6) is 11.5 Å². The van der Waals surface area contributed by atoms with Crippen molar-refractivity contribution in [2.45, 2.75) is 45.1 Å². The molecule has 3 N–H and O–H groups in total. The number of aliphatic hydroxyl groups is 2. The SMILES string of the molecule is CCCCc1ccc(CCc2ccc(O)c(OCC(O)CO)c2)o1. The van der Waals surface area contributed by atoms with E-state index < -0.39 is 6.10 Å². The van der Waals surface area contributed by atoms with Gasteiger partial charge in [0.05, 0.1) is 6.61 Å². The third-order valence-electron chi connectivity index (χ3n) is 3.82. The molecule has 0 bridgehead atoms. The van der Waals surface area contributed by atoms with Crippen LogP contribution in [0.4, 0.5) is 0 Å². The van der Waals surface area contributed by atoms with Gasteiger partial charge in [0.25, 0.3) is 0 Å². The summed E-state index contributed by atoms with van der Waals surface area (Å²) in [6, 6.07) is 9.21. The van der Waals surface area contributed by atoms with E-state index in [4.69, 9.17) is 14.3 Å². The first-order chi connectivity index (χ1) is 11.6. The van der Waals surface area contributed by atoms with Crippen LogP contribution in [0.1, 0.15) is 36.8 Å². The van der Waals surface area contributed by atoms with Crippen molar-refractivity contribution in [2.24, 2.45) is 0 Å². The molecular weight excluding hydrogens is 308 g/mol. The first kappa shape index (κ1) is 18.4. The van der Waals surface area contributed by atoms with Crippen LogP contribution in [0, 0.1) is 0 Å². The van der Waals surface area contributed by atoms with Crippen LogP contribution in [0.25, 0.3) is 0 Å². The van der Waals surface area contributed by atoms with Crippen molar-refractivity contribution in [3.63, 3.8) is 0 Å². The van der Waals surface area contributed by atoms with Crippen LogP contribution < -0.4 is 4.74 Å². The van der Waals surface area contributed by atoms with Gasteiger partial charge in [-0.15, -0.1) is 0 Å². The summed E-state index contributed by atoms with van der Waals surface area (Å²) in [5.41, 5.74) is 1.01. The monoisotopic (exact) mass is 334 g/mol. The number of unbranched alkanes of at least 4 members (excludes halogenated alkanes) is 1. The molecule has 5 nitrogen and oxygen atoms in total. The third-order valence-corrected chi connectivity index (χ3v) is 3.82. The van der Waals surface area contributed by atoms with E-state index in [0.717, 1.165) is 49.2 Å². The number of phenols is 1. The second kappa shape index (κ2) is 9.35. The molecule has 1 heterocycles. The minimum atomic E-state index is -0.960. The fourth-order valence-electron chi connectivity index (χ4n) is 2.38. The molecule has 0 saturated carbocycles. The summed E-state index contributed by atoms with van der Waals surface area (Å²) in [5, 5.41) is 27.9. The highest BCUT2D eigenvalue weighted by Crippen LogP contribution is 2.27. The lowest BCUT2D eigenvalue weighted by molar-refractivity contribution is 0.0527. The molecule has 1 aromatic carbocycles. The number of hydrogen-bond donors (Lipinski definition) is 3. The summed E-state index contributed by atoms with van der Waals surface area (Å²) in [6.45, 7) is 1.72. The fourth-order valence-corrected chi connectivity index (χ4v) is 2.38. The van der Waals surface area contributed by atoms with Crippen LogP contribution in [-0.2, 0) is 19.3 Å². The minimum Gasteiger partial charge on any atom is -0.504 e. The normalized spacial score (nSPS) is 12.3. The highest BCUT2D eigenvalue weighted by Gasteiger charge is 2.09. The third kappa shape index (κ3) is 5.58. The Balaban J connectivity index is 1.91. The van der Waals surface area contributed by atoms with E-state index in [1.54, 1.807) is 12.1 Å². The lowest BCUT2D eigenvalue weighted by Gasteiger charge is -2.12. The summed E-state index contributed by atoms with van der Waals surface area (Å²) in [4.78, 5) is 0. The predicted octanol–water partition coefficient (Wildman–Crippen LogP) is 2.85. The largest absolute Gasteiger partial charge is 0.504 e. The van der Waals surface area contributed by atoms with Crippen LogP contribution in [0.15, 0.2) is 34.7 Å². The lowest BCUT2D eigenvalue weighted by atomic mass is 10.1. The number of hydrogen-bond acceptors (Lipinski definition) is 5. The Bertz CT molecular complexity index is 620. The van der Waals surface area contributed by atoms with Gasteiger partial charge in [-0.25, -0.2) is 0 Å². The Morgan fingerprint density at radius 1 is 1.08 bits per heavy atom. The maximum Gasteiger partial charge on any atom is 0.161 e. The predicted molar refractivity (Wildman–Crippen MR) is 91.4 cm³/mol. The van der Waals surface area contributed by atoms with Crippen molar-refractivity contribution < 1.29 is 24.5 Å². The standard InChI is InChI=1S/C19H26O5/c1-2-3-4-16-8-9-17(24-16)7-5-14-6-10-18(22)19(11-14)23-13-15(21)12-20/h6,8-11,15,20-22H,2-5,7,12-13H2,1H3. The van der Waals surface area contributed by atoms with E-state index in [9.17, 15) is 10.2 Å². The molecule has 5 heteroatoms. The number of aliphatic hydroxyl groups excluding tert-OH is 2. The van der Waals surface area contributed by atoms with Crippen molar-refractivity contribution in [1.82, 2.24) is 0 Å². The Labute approximate surface area is 142 Å². The fraction of sp³-hybridized carbons (Fsp3) is 0.474. The molecule has 24 heavy (non-hydrogen) atoms. The Morgan fingerprint density at radius 2 is 1.83 bits per heavy atom. The second-order valence-corrected chi connectivity index (χ2v) is 5.92. The highest BCUT2D eigenvalue weighted by atomic mass is 16.5. The van der Waals surface area contributed by atoms with Gasteiger partial charge < -0.3 is 24.5 Å². The van der Waals surface area contributed by atoms with Gasteiger partial charge in [0.2, 0.25) is 0 Å². The van der Waals surface area contributed by atoms with Gasteiger partial charge in [-0.2, -0.15) is 0 Å². The topological polar surface area (TPSA) is 83.1 Å². The molecule has 2 aromatic rings. The quantitative estimate of drug-likeness (QED) is 0.622. The molecule has 1 aromatic heterocycles. The molecule has 1 unspecified atom stereocenters. The number of ether oxygens (including phenoxy) is 1. The molecule has 0 amide bonds. The van der Waals surface area contributed by atoms with Crippen molar-refractivity contribution in [2.75, 3.05) is 13.2 Å². The second-order valence-electron chi connectivity index (χ2n) is 5.92. The summed E-state index contributed by atoms with van der Waals surface area (Å²) < 4.78 is 11.2. The van der Waals surface area contributed by atoms with Crippen LogP contribution >= 0.6 is 0 Å². The number of aryl methyl sites for hydroxylation is 3. The average molecular weight is 334 g/mol. The lowest BCUT2D eigenvalue weighted by Crippen LogP contribution is -2.21. The summed E-state index contributed by atoms with van der Waals surface area (Å²) in [6.07, 6.45) is 3.83. The summed E-state index contributed by atoms with van der Waals surface area (Å²) in [5.74, 6) is 2.30. The first-order valence-electron chi connectivity index (χ1n) is 8.43. The van der Waals surface area contributed by atoms with Gasteiger partial charge in [0.15, 0.2) is 11.5 Å². The average Bonchev–Trinajstić information content (AvgIpc) is 3.05. The van der Waals surface area contributed by atoms with Crippen molar-refractivity contribution in [1.29, 1.82) is 0 Å². The van der Waals surface area contributed by atoms with Gasteiger partial charge in [-0.3, -0.25) is 0 Å². The minimum absolute atomic E-state index is 0.0174. The maximum atomic E-state index is 9.80. The molecule has 0 radical (unpaired) electrons. The smallest absolute Gasteiger partial charge is 0.161 e. The zero-order valence-electron chi connectivity index (χ0n) is 14.1. The van der Waals surface area contributed by atoms with Gasteiger partial charge in [0, 0.05) is 12.8 Å². The van der Waals surface area contributed by atoms with E-state index in [-0.39, 0.29) is 19.0 Å². The molecule has 0 saturated heterocycles. The van der Waals surface area contributed by atoms with Crippen molar-refractivity contribution >= 4 is 0 Å². The van der Waals surface area contributed by atoms with Crippen LogP contribution in [0.2, 0.25) is 0 Å². The van der Waals surface area contributed by atoms with Crippen LogP contribution in [-0.4, -0.2) is 34.6 Å². The summed E-state index contributed by atoms with van der Waals surface area (Å²) >= 11 is 0. The first-order valence-corrected chi connectivity index (χ1v) is 8.43. The van der Waals surface area contributed by atoms with Gasteiger partial charge >= 0.3 is 0 Å². The molecule has 0 spiro atoms. The van der Waals surface area contributed by atoms with E-state index in [2.05, 4.69) is 6.92 Å². The van der Waals surface area contributed by atoms with Crippen molar-refractivity contribution in [3.8, 4) is 11.5 Å². The highest BCUT2D eigenvalue weighted by molar-refractivity contribution is 5.42. The molecule has 0 aliphatic heterocycles. The number of rotatable bonds is 10. The molecule has 2 rings (SSSR count). The maximum absolute atomic E-state index is 9.80. The molecule has 0 aliphatic rings. The Hall–Kier alpha value is -1.98. The molecule has 132 valence electrons. The van der Waals surface area contributed by atoms with E-state index in [0.29, 0.717) is 5.75 Å². The molecule has 0 fully saturated rings. The van der Waals surface area contributed by atoms with Crippen LogP contribution in [0.3, 0.4) is 0 Å². The molecular formula is C19H26O5. The van der Waals surface area contributed by atoms with Crippen molar-refractivity contribution in [3.05, 3.63) is 47.4 Å². The van der Waals surface area contributed by atoms with Gasteiger partial charge in [0.1, 0.15) is 24.2 Å². The zero-order valence-corrected chi connectivity index (χ0v) is 14.1. The molecule has 0 aliphatic carbocycles. The Kier molecular flexibility index (Phi) is 7.15. The zero-order chi connectivity index (χ0) is 17.4. The number of phenolic OH excluding ortho intramolecular Hbond substituents is 1. The number of aromatic hydroxyl groups is 1. The van der Waals surface area contributed by atoms with E-state index in [1.807, 2.05) is 18.2 Å². The summed E-state index contributed by atoms with van der Waals surface area (Å²) in [7, 11) is 0. The van der Waals surface area contributed by atoms with Gasteiger partial charge in [-0.05, 0) is 42.7 Å². The number of furan rings is 1. The van der Waals surface area contributed by atoms with E-state index >= 15 is 0 Å². The van der Waals surface area contributed by atoms with Gasteiger partial charge in [-0.1, -0.05) is 19.4 Å². The Morgan fingerprint density at radius 3 is 2.54 bits per heavy atom. The molecule has 1 atom stereocenters. The van der Waals surface area contributed by atoms with E-state index in [1.165, 1.54) is 0 Å².